The van der Waals surface area contributed by atoms with E-state index in [1.165, 1.54) is 0 Å². The first-order chi connectivity index (χ1) is 13.0. The average Bonchev–Trinajstić information content (AvgIpc) is 2.66. The lowest BCUT2D eigenvalue weighted by Gasteiger charge is -2.09. The Balaban J connectivity index is 1.56. The van der Waals surface area contributed by atoms with Gasteiger partial charge in [0.15, 0.2) is 0 Å². The summed E-state index contributed by atoms with van der Waals surface area (Å²) in [6.07, 6.45) is 0. The van der Waals surface area contributed by atoms with Crippen LogP contribution >= 0.6 is 23.2 Å². The summed E-state index contributed by atoms with van der Waals surface area (Å²) in [6.45, 7) is 0. The fourth-order valence-corrected chi connectivity index (χ4v) is 2.44. The van der Waals surface area contributed by atoms with Crippen molar-refractivity contribution in [3.63, 3.8) is 0 Å². The van der Waals surface area contributed by atoms with E-state index in [-0.39, 0.29) is 0 Å². The van der Waals surface area contributed by atoms with E-state index in [2.05, 4.69) is 10.6 Å². The van der Waals surface area contributed by atoms with E-state index in [0.29, 0.717) is 32.7 Å². The molecule has 5 nitrogen and oxygen atoms in total. The summed E-state index contributed by atoms with van der Waals surface area (Å²) < 4.78 is 5.28. The summed E-state index contributed by atoms with van der Waals surface area (Å²) in [4.78, 5) is 24.1. The maximum Gasteiger partial charge on any atom is 0.343 e. The summed E-state index contributed by atoms with van der Waals surface area (Å²) >= 11 is 11.6. The molecule has 0 saturated heterocycles. The van der Waals surface area contributed by atoms with E-state index in [1.807, 2.05) is 0 Å². The van der Waals surface area contributed by atoms with Gasteiger partial charge in [-0.25, -0.2) is 9.59 Å². The van der Waals surface area contributed by atoms with Crippen LogP contribution in [0, 0.1) is 0 Å². The van der Waals surface area contributed by atoms with Gasteiger partial charge in [-0.15, -0.1) is 0 Å². The smallest absolute Gasteiger partial charge is 0.343 e. The molecule has 2 amide bonds. The van der Waals surface area contributed by atoms with Crippen LogP contribution in [0.1, 0.15) is 10.4 Å². The Kier molecular flexibility index (Phi) is 5.96. The van der Waals surface area contributed by atoms with Gasteiger partial charge in [0, 0.05) is 21.4 Å². The second-order valence-corrected chi connectivity index (χ2v) is 6.38. The molecule has 7 heteroatoms. The average molecular weight is 401 g/mol. The third kappa shape index (κ3) is 5.48. The minimum absolute atomic E-state index is 0.360. The Morgan fingerprint density at radius 3 is 1.63 bits per heavy atom. The Labute approximate surface area is 165 Å². The zero-order chi connectivity index (χ0) is 19.2. The molecule has 0 radical (unpaired) electrons. The van der Waals surface area contributed by atoms with Gasteiger partial charge in [-0.05, 0) is 72.8 Å². The number of esters is 1. The number of hydrogen-bond acceptors (Lipinski definition) is 3. The zero-order valence-corrected chi connectivity index (χ0v) is 15.4. The third-order valence-corrected chi connectivity index (χ3v) is 4.01. The van der Waals surface area contributed by atoms with E-state index in [9.17, 15) is 9.59 Å². The number of amides is 2. The lowest BCUT2D eigenvalue weighted by molar-refractivity contribution is 0.0734. The highest BCUT2D eigenvalue weighted by Crippen LogP contribution is 2.19. The van der Waals surface area contributed by atoms with Gasteiger partial charge in [0.05, 0.1) is 5.56 Å². The highest BCUT2D eigenvalue weighted by Gasteiger charge is 2.09. The molecular formula is C20H14Cl2N2O3. The number of urea groups is 1. The Bertz CT molecular complexity index is 940. The number of carbonyl (C=O) groups is 2. The van der Waals surface area contributed by atoms with Crippen molar-refractivity contribution in [2.24, 2.45) is 0 Å². The molecule has 0 spiro atoms. The van der Waals surface area contributed by atoms with Gasteiger partial charge in [0.25, 0.3) is 0 Å². The SMILES string of the molecule is O=C(Nc1ccc(Cl)cc1)Nc1ccc(OC(=O)c2ccc(Cl)cc2)cc1. The number of benzene rings is 3. The van der Waals surface area contributed by atoms with E-state index < -0.39 is 12.0 Å². The third-order valence-electron chi connectivity index (χ3n) is 3.50. The summed E-state index contributed by atoms with van der Waals surface area (Å²) in [5.41, 5.74) is 1.56. The number of carbonyl (C=O) groups excluding carboxylic acids is 2. The van der Waals surface area contributed by atoms with Gasteiger partial charge in [-0.2, -0.15) is 0 Å². The first-order valence-corrected chi connectivity index (χ1v) is 8.66. The predicted molar refractivity (Wildman–Crippen MR) is 107 cm³/mol. The van der Waals surface area contributed by atoms with E-state index in [1.54, 1.807) is 72.8 Å². The summed E-state index contributed by atoms with van der Waals surface area (Å²) in [7, 11) is 0. The molecule has 3 rings (SSSR count). The molecule has 27 heavy (non-hydrogen) atoms. The molecule has 0 aliphatic rings. The van der Waals surface area contributed by atoms with Crippen molar-refractivity contribution in [3.8, 4) is 5.75 Å². The normalized spacial score (nSPS) is 10.1. The van der Waals surface area contributed by atoms with Crippen molar-refractivity contribution in [3.05, 3.63) is 88.4 Å². The van der Waals surface area contributed by atoms with Crippen LogP contribution in [-0.2, 0) is 0 Å². The minimum Gasteiger partial charge on any atom is -0.423 e. The van der Waals surface area contributed by atoms with Gasteiger partial charge in [-0.3, -0.25) is 0 Å². The first kappa shape index (κ1) is 18.8. The molecule has 0 atom stereocenters. The molecule has 136 valence electrons. The number of nitrogens with one attached hydrogen (secondary N) is 2. The predicted octanol–water partition coefficient (Wildman–Crippen LogP) is 5.86. The molecule has 0 heterocycles. The summed E-state index contributed by atoms with van der Waals surface area (Å²) in [6, 6.07) is 19.2. The molecule has 3 aromatic rings. The van der Waals surface area contributed by atoms with E-state index in [4.69, 9.17) is 27.9 Å². The monoisotopic (exact) mass is 400 g/mol. The van der Waals surface area contributed by atoms with Crippen molar-refractivity contribution in [1.82, 2.24) is 0 Å². The molecular weight excluding hydrogens is 387 g/mol. The second-order valence-electron chi connectivity index (χ2n) is 5.51. The fourth-order valence-electron chi connectivity index (χ4n) is 2.18. The number of rotatable bonds is 4. The summed E-state index contributed by atoms with van der Waals surface area (Å²) in [5, 5.41) is 6.50. The molecule has 0 aliphatic carbocycles. The topological polar surface area (TPSA) is 67.4 Å². The van der Waals surface area contributed by atoms with Crippen LogP contribution in [0.25, 0.3) is 0 Å². The van der Waals surface area contributed by atoms with Gasteiger partial charge >= 0.3 is 12.0 Å². The van der Waals surface area contributed by atoms with Crippen molar-refractivity contribution < 1.29 is 14.3 Å². The Morgan fingerprint density at radius 2 is 1.11 bits per heavy atom. The van der Waals surface area contributed by atoms with Gasteiger partial charge in [-0.1, -0.05) is 23.2 Å². The Hall–Kier alpha value is -3.02. The molecule has 0 unspecified atom stereocenters. The van der Waals surface area contributed by atoms with Crippen LogP contribution in [0.15, 0.2) is 72.8 Å². The van der Waals surface area contributed by atoms with E-state index >= 15 is 0 Å². The molecule has 2 N–H and O–H groups in total. The van der Waals surface area contributed by atoms with Crippen molar-refractivity contribution in [1.29, 1.82) is 0 Å². The molecule has 0 fully saturated rings. The van der Waals surface area contributed by atoms with Crippen LogP contribution in [0.3, 0.4) is 0 Å². The fraction of sp³-hybridized carbons (Fsp3) is 0. The number of anilines is 2. The Morgan fingerprint density at radius 1 is 0.667 bits per heavy atom. The quantitative estimate of drug-likeness (QED) is 0.425. The van der Waals surface area contributed by atoms with Crippen LogP contribution < -0.4 is 15.4 Å². The highest BCUT2D eigenvalue weighted by atomic mass is 35.5. The molecule has 0 aromatic heterocycles. The number of halogens is 2. The number of hydrogen-bond donors (Lipinski definition) is 2. The van der Waals surface area contributed by atoms with Crippen LogP contribution in [-0.4, -0.2) is 12.0 Å². The lowest BCUT2D eigenvalue weighted by Crippen LogP contribution is -2.19. The van der Waals surface area contributed by atoms with E-state index in [0.717, 1.165) is 0 Å². The standard InChI is InChI=1S/C20H14Cl2N2O3/c21-14-3-1-13(2-4-14)19(25)27-18-11-9-17(10-12-18)24-20(26)23-16-7-5-15(22)6-8-16/h1-12H,(H2,23,24,26). The molecule has 0 saturated carbocycles. The minimum atomic E-state index is -0.493. The second kappa shape index (κ2) is 8.58. The molecule has 0 aliphatic heterocycles. The number of ether oxygens (including phenoxy) is 1. The van der Waals surface area contributed by atoms with Crippen molar-refractivity contribution in [2.75, 3.05) is 10.6 Å². The largest absolute Gasteiger partial charge is 0.423 e. The van der Waals surface area contributed by atoms with Gasteiger partial charge < -0.3 is 15.4 Å². The molecule has 3 aromatic carbocycles. The first-order valence-electron chi connectivity index (χ1n) is 7.91. The van der Waals surface area contributed by atoms with Crippen molar-refractivity contribution >= 4 is 46.6 Å². The lowest BCUT2D eigenvalue weighted by atomic mass is 10.2. The van der Waals surface area contributed by atoms with Crippen LogP contribution in [0.2, 0.25) is 10.0 Å². The zero-order valence-electron chi connectivity index (χ0n) is 13.9. The van der Waals surface area contributed by atoms with Gasteiger partial charge in [0.2, 0.25) is 0 Å². The van der Waals surface area contributed by atoms with Crippen LogP contribution in [0.5, 0.6) is 5.75 Å². The van der Waals surface area contributed by atoms with Crippen molar-refractivity contribution in [2.45, 2.75) is 0 Å². The highest BCUT2D eigenvalue weighted by molar-refractivity contribution is 6.31. The summed E-state index contributed by atoms with van der Waals surface area (Å²) in [5.74, 6) is -0.133. The maximum atomic E-state index is 12.1. The van der Waals surface area contributed by atoms with Crippen LogP contribution in [0.4, 0.5) is 16.2 Å². The van der Waals surface area contributed by atoms with Gasteiger partial charge in [0.1, 0.15) is 5.75 Å². The maximum absolute atomic E-state index is 12.1. The molecule has 0 bridgehead atoms.